The van der Waals surface area contributed by atoms with Crippen molar-refractivity contribution in [3.8, 4) is 11.3 Å². The Morgan fingerprint density at radius 1 is 1.33 bits per heavy atom. The van der Waals surface area contributed by atoms with E-state index >= 15 is 0 Å². The highest BCUT2D eigenvalue weighted by molar-refractivity contribution is 6.02. The van der Waals surface area contributed by atoms with Gasteiger partial charge in [0.1, 0.15) is 5.65 Å². The van der Waals surface area contributed by atoms with Gasteiger partial charge in [0.25, 0.3) is 0 Å². The number of hydrogen-bond acceptors (Lipinski definition) is 6. The summed E-state index contributed by atoms with van der Waals surface area (Å²) in [5.74, 6) is 0.278. The first-order chi connectivity index (χ1) is 11.8. The number of rotatable bonds is 4. The molecule has 1 fully saturated rings. The van der Waals surface area contributed by atoms with E-state index in [9.17, 15) is 0 Å². The molecule has 3 aromatic heterocycles. The largest absolute Gasteiger partial charge is 0.369 e. The molecule has 1 aliphatic heterocycles. The number of nitrogen functional groups attached to an aromatic ring is 1. The van der Waals surface area contributed by atoms with E-state index in [1.54, 1.807) is 6.20 Å². The first kappa shape index (κ1) is 14.9. The zero-order valence-corrected chi connectivity index (χ0v) is 13.7. The van der Waals surface area contributed by atoms with Crippen LogP contribution in [-0.2, 0) is 0 Å². The van der Waals surface area contributed by atoms with Crippen LogP contribution in [0.2, 0.25) is 0 Å². The third-order valence-electron chi connectivity index (χ3n) is 4.52. The summed E-state index contributed by atoms with van der Waals surface area (Å²) in [6, 6.07) is 4.50. The zero-order chi connectivity index (χ0) is 16.5. The highest BCUT2D eigenvalue weighted by Crippen LogP contribution is 2.35. The molecule has 0 saturated carbocycles. The fraction of sp³-hybridized carbons (Fsp3) is 0.353. The fourth-order valence-electron chi connectivity index (χ4n) is 3.46. The molecule has 124 valence electrons. The summed E-state index contributed by atoms with van der Waals surface area (Å²) in [6.45, 7) is 5.19. The van der Waals surface area contributed by atoms with Gasteiger partial charge in [-0.15, -0.1) is 0 Å². The maximum atomic E-state index is 5.75. The molecule has 0 amide bonds. The maximum Gasteiger partial charge on any atom is 0.220 e. The average Bonchev–Trinajstić information content (AvgIpc) is 3.22. The molecular weight excluding hydrogens is 302 g/mol. The van der Waals surface area contributed by atoms with Gasteiger partial charge in [0, 0.05) is 43.3 Å². The number of likely N-dealkylation sites (N-methyl/N-ethyl adjacent to an activating group) is 1. The highest BCUT2D eigenvalue weighted by atomic mass is 15.2. The molecule has 0 unspecified atom stereocenters. The van der Waals surface area contributed by atoms with Crippen LogP contribution in [0.15, 0.2) is 30.7 Å². The van der Waals surface area contributed by atoms with Crippen molar-refractivity contribution < 1.29 is 0 Å². The molecule has 0 aromatic carbocycles. The van der Waals surface area contributed by atoms with Gasteiger partial charge in [-0.2, -0.15) is 0 Å². The molecule has 24 heavy (non-hydrogen) atoms. The van der Waals surface area contributed by atoms with Crippen LogP contribution in [0.3, 0.4) is 0 Å². The van der Waals surface area contributed by atoms with E-state index in [1.165, 1.54) is 5.69 Å². The number of fused-ring (bicyclic) bond motifs is 1. The number of nitrogens with two attached hydrogens (primary N) is 1. The number of anilines is 2. The van der Waals surface area contributed by atoms with Crippen LogP contribution >= 0.6 is 0 Å². The van der Waals surface area contributed by atoms with Crippen LogP contribution in [0.25, 0.3) is 22.3 Å². The second kappa shape index (κ2) is 6.09. The SMILES string of the molecule is CCN[C@H]1CCN(c2ccnc3[nH]cc(-c4ccnc(N)n4)c23)C1. The Morgan fingerprint density at radius 3 is 3.04 bits per heavy atom. The van der Waals surface area contributed by atoms with Gasteiger partial charge >= 0.3 is 0 Å². The van der Waals surface area contributed by atoms with Gasteiger partial charge in [0.15, 0.2) is 0 Å². The Labute approximate surface area is 140 Å². The van der Waals surface area contributed by atoms with Gasteiger partial charge in [-0.1, -0.05) is 6.92 Å². The molecule has 1 saturated heterocycles. The molecular formula is C17H21N7. The summed E-state index contributed by atoms with van der Waals surface area (Å²) in [5, 5.41) is 4.63. The van der Waals surface area contributed by atoms with Gasteiger partial charge in [-0.05, 0) is 25.1 Å². The monoisotopic (exact) mass is 323 g/mol. The number of hydrogen-bond donors (Lipinski definition) is 3. The van der Waals surface area contributed by atoms with Crippen molar-refractivity contribution in [1.29, 1.82) is 0 Å². The molecule has 4 N–H and O–H groups in total. The van der Waals surface area contributed by atoms with E-state index in [-0.39, 0.29) is 5.95 Å². The lowest BCUT2D eigenvalue weighted by Gasteiger charge is -2.20. The summed E-state index contributed by atoms with van der Waals surface area (Å²) >= 11 is 0. The van der Waals surface area contributed by atoms with Crippen LogP contribution in [0.5, 0.6) is 0 Å². The van der Waals surface area contributed by atoms with Gasteiger partial charge in [-0.3, -0.25) is 0 Å². The molecule has 3 aromatic rings. The predicted octanol–water partition coefficient (Wildman–Crippen LogP) is 1.79. The van der Waals surface area contributed by atoms with E-state index in [1.807, 2.05) is 18.5 Å². The average molecular weight is 323 g/mol. The third kappa shape index (κ3) is 2.56. The number of pyridine rings is 1. The number of aromatic nitrogens is 4. The van der Waals surface area contributed by atoms with Gasteiger partial charge in [-0.25, -0.2) is 15.0 Å². The summed E-state index contributed by atoms with van der Waals surface area (Å²) in [7, 11) is 0. The lowest BCUT2D eigenvalue weighted by molar-refractivity contribution is 0.572. The van der Waals surface area contributed by atoms with Crippen LogP contribution in [0.1, 0.15) is 13.3 Å². The van der Waals surface area contributed by atoms with Crippen molar-refractivity contribution in [3.63, 3.8) is 0 Å². The first-order valence-corrected chi connectivity index (χ1v) is 8.29. The highest BCUT2D eigenvalue weighted by Gasteiger charge is 2.24. The second-order valence-electron chi connectivity index (χ2n) is 6.05. The van der Waals surface area contributed by atoms with Crippen molar-refractivity contribution in [1.82, 2.24) is 25.3 Å². The zero-order valence-electron chi connectivity index (χ0n) is 13.7. The fourth-order valence-corrected chi connectivity index (χ4v) is 3.46. The van der Waals surface area contributed by atoms with Gasteiger partial charge in [0.2, 0.25) is 5.95 Å². The van der Waals surface area contributed by atoms with E-state index in [0.29, 0.717) is 6.04 Å². The Hall–Kier alpha value is -2.67. The minimum atomic E-state index is 0.278. The first-order valence-electron chi connectivity index (χ1n) is 8.29. The summed E-state index contributed by atoms with van der Waals surface area (Å²) in [4.78, 5) is 18.5. The van der Waals surface area contributed by atoms with Gasteiger partial charge < -0.3 is 20.9 Å². The van der Waals surface area contributed by atoms with Crippen molar-refractivity contribution >= 4 is 22.7 Å². The Balaban J connectivity index is 1.78. The van der Waals surface area contributed by atoms with Crippen molar-refractivity contribution in [2.45, 2.75) is 19.4 Å². The molecule has 0 bridgehead atoms. The molecule has 4 rings (SSSR count). The maximum absolute atomic E-state index is 5.75. The standard InChI is InChI=1S/C17H21N7/c1-2-19-11-5-8-24(10-11)14-4-7-20-16-15(14)12(9-22-16)13-3-6-21-17(18)23-13/h3-4,6-7,9,11,19H,2,5,8,10H2,1H3,(H,20,22)(H2,18,21,23)/t11-/m0/s1. The molecule has 0 radical (unpaired) electrons. The Bertz CT molecular complexity index is 857. The van der Waals surface area contributed by atoms with Crippen molar-refractivity contribution in [3.05, 3.63) is 30.7 Å². The summed E-state index contributed by atoms with van der Waals surface area (Å²) < 4.78 is 0. The minimum Gasteiger partial charge on any atom is -0.369 e. The van der Waals surface area contributed by atoms with E-state index in [2.05, 4.69) is 43.1 Å². The molecule has 0 spiro atoms. The normalized spacial score (nSPS) is 17.7. The van der Waals surface area contributed by atoms with Crippen LogP contribution in [0, 0.1) is 0 Å². The molecule has 7 nitrogen and oxygen atoms in total. The smallest absolute Gasteiger partial charge is 0.220 e. The number of H-pyrrole nitrogens is 1. The predicted molar refractivity (Wildman–Crippen MR) is 95.8 cm³/mol. The molecule has 0 aliphatic carbocycles. The topological polar surface area (TPSA) is 95.8 Å². The number of aromatic amines is 1. The van der Waals surface area contributed by atoms with Crippen LogP contribution in [-0.4, -0.2) is 45.6 Å². The molecule has 1 aliphatic rings. The second-order valence-corrected chi connectivity index (χ2v) is 6.05. The minimum absolute atomic E-state index is 0.278. The lowest BCUT2D eigenvalue weighted by atomic mass is 10.1. The molecule has 4 heterocycles. The summed E-state index contributed by atoms with van der Waals surface area (Å²) in [5.41, 5.74) is 9.63. The van der Waals surface area contributed by atoms with Crippen molar-refractivity contribution in [2.24, 2.45) is 0 Å². The van der Waals surface area contributed by atoms with E-state index in [0.717, 1.165) is 48.3 Å². The van der Waals surface area contributed by atoms with Crippen LogP contribution < -0.4 is 16.0 Å². The Morgan fingerprint density at radius 2 is 2.21 bits per heavy atom. The van der Waals surface area contributed by atoms with Crippen molar-refractivity contribution in [2.75, 3.05) is 30.3 Å². The molecule has 7 heteroatoms. The Kier molecular flexibility index (Phi) is 3.78. The van der Waals surface area contributed by atoms with E-state index < -0.39 is 0 Å². The van der Waals surface area contributed by atoms with Gasteiger partial charge in [0.05, 0.1) is 16.8 Å². The lowest BCUT2D eigenvalue weighted by Crippen LogP contribution is -2.32. The van der Waals surface area contributed by atoms with E-state index in [4.69, 9.17) is 5.73 Å². The van der Waals surface area contributed by atoms with Crippen LogP contribution in [0.4, 0.5) is 11.6 Å². The summed E-state index contributed by atoms with van der Waals surface area (Å²) in [6.07, 6.45) is 6.63. The number of nitrogens with one attached hydrogen (secondary N) is 2. The third-order valence-corrected chi connectivity index (χ3v) is 4.52. The number of nitrogens with zero attached hydrogens (tertiary/aromatic N) is 4. The molecule has 1 atom stereocenters. The quantitative estimate of drug-likeness (QED) is 0.677.